The molecule has 2 N–H and O–H groups in total. The van der Waals surface area contributed by atoms with Crippen LogP contribution >= 0.6 is 0 Å². The first kappa shape index (κ1) is 15.9. The fourth-order valence-electron chi connectivity index (χ4n) is 2.21. The van der Waals surface area contributed by atoms with Gasteiger partial charge in [-0.05, 0) is 32.0 Å². The van der Waals surface area contributed by atoms with Gasteiger partial charge in [0.05, 0.1) is 12.0 Å². The third-order valence-electron chi connectivity index (χ3n) is 3.16. The molecule has 0 unspecified atom stereocenters. The summed E-state index contributed by atoms with van der Waals surface area (Å²) in [6, 6.07) is 10.5. The predicted molar refractivity (Wildman–Crippen MR) is 89.0 cm³/mol. The van der Waals surface area contributed by atoms with Crippen molar-refractivity contribution in [1.29, 1.82) is 0 Å². The highest BCUT2D eigenvalue weighted by atomic mass is 16.5. The Kier molecular flexibility index (Phi) is 4.18. The van der Waals surface area contributed by atoms with Crippen molar-refractivity contribution >= 4 is 17.2 Å². The highest BCUT2D eigenvalue weighted by Crippen LogP contribution is 2.23. The van der Waals surface area contributed by atoms with Crippen LogP contribution in [-0.2, 0) is 4.79 Å². The van der Waals surface area contributed by atoms with Crippen molar-refractivity contribution in [1.82, 2.24) is 14.6 Å². The number of nitrogens with one attached hydrogen (secondary N) is 1. The van der Waals surface area contributed by atoms with Gasteiger partial charge >= 0.3 is 0 Å². The van der Waals surface area contributed by atoms with Gasteiger partial charge in [-0.2, -0.15) is 0 Å². The zero-order valence-electron chi connectivity index (χ0n) is 13.4. The van der Waals surface area contributed by atoms with Crippen LogP contribution in [0.25, 0.3) is 5.65 Å². The number of amides is 1. The first-order valence-electron chi connectivity index (χ1n) is 7.50. The number of rotatable bonds is 5. The van der Waals surface area contributed by atoms with Gasteiger partial charge in [-0.25, -0.2) is 9.50 Å². The van der Waals surface area contributed by atoms with E-state index in [-0.39, 0.29) is 12.3 Å². The molecule has 2 heterocycles. The summed E-state index contributed by atoms with van der Waals surface area (Å²) in [7, 11) is 0. The summed E-state index contributed by atoms with van der Waals surface area (Å²) in [6.07, 6.45) is 3.40. The van der Waals surface area contributed by atoms with Crippen molar-refractivity contribution in [2.75, 3.05) is 5.32 Å². The van der Waals surface area contributed by atoms with E-state index >= 15 is 0 Å². The second-order valence-corrected chi connectivity index (χ2v) is 6.07. The van der Waals surface area contributed by atoms with Gasteiger partial charge in [-0.3, -0.25) is 4.79 Å². The van der Waals surface area contributed by atoms with E-state index in [0.717, 1.165) is 5.65 Å². The number of carbonyl (C=O) groups is 1. The Morgan fingerprint density at radius 2 is 2.17 bits per heavy atom. The number of hydrogen-bond acceptors (Lipinski definition) is 5. The average molecular weight is 326 g/mol. The molecular weight excluding hydrogens is 308 g/mol. The van der Waals surface area contributed by atoms with Gasteiger partial charge in [0, 0.05) is 30.2 Å². The van der Waals surface area contributed by atoms with Gasteiger partial charge in [0.2, 0.25) is 11.8 Å². The average Bonchev–Trinajstić information content (AvgIpc) is 2.93. The first-order chi connectivity index (χ1) is 11.4. The predicted octanol–water partition coefficient (Wildman–Crippen LogP) is 2.62. The molecule has 2 aromatic heterocycles. The van der Waals surface area contributed by atoms with Crippen LogP contribution in [0.2, 0.25) is 0 Å². The standard InChI is InChI=1S/C17H18N4O3/c1-17(2,23)11-15(22)19-12-4-3-5-13(10-12)24-16-7-6-14-18-8-9-21(14)20-16/h3-10,23H,11H2,1-2H3,(H,19,22). The van der Waals surface area contributed by atoms with E-state index in [1.807, 2.05) is 0 Å². The Labute approximate surface area is 138 Å². The molecule has 0 atom stereocenters. The number of aromatic nitrogens is 3. The summed E-state index contributed by atoms with van der Waals surface area (Å²) in [5, 5.41) is 16.7. The van der Waals surface area contributed by atoms with Gasteiger partial charge in [-0.15, -0.1) is 5.10 Å². The van der Waals surface area contributed by atoms with Crippen molar-refractivity contribution < 1.29 is 14.6 Å². The van der Waals surface area contributed by atoms with Crippen molar-refractivity contribution in [3.8, 4) is 11.6 Å². The highest BCUT2D eigenvalue weighted by Gasteiger charge is 2.18. The molecule has 24 heavy (non-hydrogen) atoms. The lowest BCUT2D eigenvalue weighted by Crippen LogP contribution is -2.27. The molecule has 0 aliphatic heterocycles. The highest BCUT2D eigenvalue weighted by molar-refractivity contribution is 5.91. The van der Waals surface area contributed by atoms with E-state index < -0.39 is 5.60 Å². The minimum absolute atomic E-state index is 0.0109. The van der Waals surface area contributed by atoms with Crippen molar-refractivity contribution in [2.24, 2.45) is 0 Å². The van der Waals surface area contributed by atoms with Crippen LogP contribution in [0.3, 0.4) is 0 Å². The van der Waals surface area contributed by atoms with Crippen molar-refractivity contribution in [3.63, 3.8) is 0 Å². The van der Waals surface area contributed by atoms with E-state index in [4.69, 9.17) is 4.74 Å². The number of benzene rings is 1. The van der Waals surface area contributed by atoms with Gasteiger partial charge in [0.1, 0.15) is 5.75 Å². The van der Waals surface area contributed by atoms with E-state index in [9.17, 15) is 9.90 Å². The number of aliphatic hydroxyl groups is 1. The van der Waals surface area contributed by atoms with Gasteiger partial charge < -0.3 is 15.2 Å². The normalized spacial score (nSPS) is 11.5. The summed E-state index contributed by atoms with van der Waals surface area (Å²) in [4.78, 5) is 16.0. The number of anilines is 1. The molecule has 0 bridgehead atoms. The maximum Gasteiger partial charge on any atom is 0.237 e. The van der Waals surface area contributed by atoms with Crippen molar-refractivity contribution in [2.45, 2.75) is 25.9 Å². The zero-order chi connectivity index (χ0) is 17.2. The Hall–Kier alpha value is -2.93. The molecule has 0 fully saturated rings. The van der Waals surface area contributed by atoms with Crippen LogP contribution in [0.4, 0.5) is 5.69 Å². The quantitative estimate of drug-likeness (QED) is 0.752. The monoisotopic (exact) mass is 326 g/mol. The molecule has 0 aliphatic carbocycles. The van der Waals surface area contributed by atoms with E-state index in [1.165, 1.54) is 0 Å². The molecule has 1 aromatic carbocycles. The van der Waals surface area contributed by atoms with Crippen molar-refractivity contribution in [3.05, 3.63) is 48.8 Å². The summed E-state index contributed by atoms with van der Waals surface area (Å²) in [5.41, 5.74) is 0.267. The lowest BCUT2D eigenvalue weighted by molar-refractivity contribution is -0.119. The minimum Gasteiger partial charge on any atom is -0.438 e. The number of hydrogen-bond donors (Lipinski definition) is 2. The Morgan fingerprint density at radius 1 is 1.33 bits per heavy atom. The Bertz CT molecular complexity index is 867. The maximum absolute atomic E-state index is 11.9. The molecule has 7 nitrogen and oxygen atoms in total. The maximum atomic E-state index is 11.9. The van der Waals surface area contributed by atoms with Crippen LogP contribution in [0.5, 0.6) is 11.6 Å². The molecule has 7 heteroatoms. The summed E-state index contributed by atoms with van der Waals surface area (Å²) >= 11 is 0. The topological polar surface area (TPSA) is 88.8 Å². The van der Waals surface area contributed by atoms with Crippen LogP contribution in [0, 0.1) is 0 Å². The van der Waals surface area contributed by atoms with Crippen LogP contribution in [0.1, 0.15) is 20.3 Å². The number of ether oxygens (including phenoxy) is 1. The third-order valence-corrected chi connectivity index (χ3v) is 3.16. The molecule has 0 aliphatic rings. The second-order valence-electron chi connectivity index (χ2n) is 6.07. The number of nitrogens with zero attached hydrogens (tertiary/aromatic N) is 3. The molecule has 1 amide bonds. The number of fused-ring (bicyclic) bond motifs is 1. The fourth-order valence-corrected chi connectivity index (χ4v) is 2.21. The summed E-state index contributed by atoms with van der Waals surface area (Å²) in [6.45, 7) is 3.17. The molecule has 0 radical (unpaired) electrons. The summed E-state index contributed by atoms with van der Waals surface area (Å²) < 4.78 is 7.33. The van der Waals surface area contributed by atoms with Crippen LogP contribution < -0.4 is 10.1 Å². The molecular formula is C17H18N4O3. The summed E-state index contributed by atoms with van der Waals surface area (Å²) in [5.74, 6) is 0.695. The molecule has 0 saturated heterocycles. The lowest BCUT2D eigenvalue weighted by atomic mass is 10.1. The molecule has 3 aromatic rings. The molecule has 124 valence electrons. The lowest BCUT2D eigenvalue weighted by Gasteiger charge is -2.16. The smallest absolute Gasteiger partial charge is 0.237 e. The first-order valence-corrected chi connectivity index (χ1v) is 7.50. The SMILES string of the molecule is CC(C)(O)CC(=O)Nc1cccc(Oc2ccc3nccn3n2)c1. The second kappa shape index (κ2) is 6.29. The Balaban J connectivity index is 1.71. The van der Waals surface area contributed by atoms with Gasteiger partial charge in [0.15, 0.2) is 5.65 Å². The minimum atomic E-state index is -1.05. The fraction of sp³-hybridized carbons (Fsp3) is 0.235. The van der Waals surface area contributed by atoms with Crippen LogP contribution in [0.15, 0.2) is 48.8 Å². The van der Waals surface area contributed by atoms with Gasteiger partial charge in [0.25, 0.3) is 0 Å². The van der Waals surface area contributed by atoms with E-state index in [0.29, 0.717) is 17.3 Å². The zero-order valence-corrected chi connectivity index (χ0v) is 13.4. The van der Waals surface area contributed by atoms with Gasteiger partial charge in [-0.1, -0.05) is 6.07 Å². The number of carbonyl (C=O) groups excluding carboxylic acids is 1. The van der Waals surface area contributed by atoms with E-state index in [2.05, 4.69) is 15.4 Å². The van der Waals surface area contributed by atoms with E-state index in [1.54, 1.807) is 67.2 Å². The van der Waals surface area contributed by atoms with Crippen LogP contribution in [-0.4, -0.2) is 31.2 Å². The molecule has 0 spiro atoms. The largest absolute Gasteiger partial charge is 0.438 e. The third kappa shape index (κ3) is 4.08. The molecule has 3 rings (SSSR count). The molecule has 0 saturated carbocycles. The number of imidazole rings is 1. The Morgan fingerprint density at radius 3 is 2.96 bits per heavy atom.